The third kappa shape index (κ3) is 28.1. The van der Waals surface area contributed by atoms with Gasteiger partial charge in [0.25, 0.3) is 0 Å². The Kier molecular flexibility index (Phi) is 31.4. The number of carboxylic acids is 1. The summed E-state index contributed by atoms with van der Waals surface area (Å²) in [6.45, 7) is 28.1. The Balaban J connectivity index is 6.34. The van der Waals surface area contributed by atoms with Gasteiger partial charge in [-0.25, -0.2) is 4.79 Å². The Bertz CT molecular complexity index is 1710. The fourth-order valence-electron chi connectivity index (χ4n) is 7.90. The molecule has 0 rings (SSSR count). The number of amides is 8. The van der Waals surface area contributed by atoms with E-state index in [1.165, 1.54) is 6.92 Å². The summed E-state index contributed by atoms with van der Waals surface area (Å²) in [5.74, 6) is -6.49. The highest BCUT2D eigenvalue weighted by Crippen LogP contribution is 2.15. The number of aliphatic carboxylic acids is 1. The lowest BCUT2D eigenvalue weighted by atomic mass is 9.98. The molecule has 0 aromatic rings. The molecule has 0 heterocycles. The summed E-state index contributed by atoms with van der Waals surface area (Å²) in [6.07, 6.45) is 2.86. The molecule has 71 heavy (non-hydrogen) atoms. The molecule has 8 amide bonds. The van der Waals surface area contributed by atoms with Crippen molar-refractivity contribution in [3.63, 3.8) is 0 Å². The topological polar surface area (TPSA) is 322 Å². The zero-order valence-corrected chi connectivity index (χ0v) is 45.8. The predicted octanol–water partition coefficient (Wildman–Crippen LogP) is 2.75. The van der Waals surface area contributed by atoms with Crippen LogP contribution in [-0.2, 0) is 43.2 Å². The fourth-order valence-corrected chi connectivity index (χ4v) is 7.90. The number of carbonyl (C=O) groups is 9. The number of carboxylic acid groups (broad SMARTS) is 1. The summed E-state index contributed by atoms with van der Waals surface area (Å²) >= 11 is 0. The van der Waals surface area contributed by atoms with Gasteiger partial charge in [-0.15, -0.1) is 0 Å². The molecule has 0 radical (unpaired) electrons. The van der Waals surface area contributed by atoms with E-state index in [9.17, 15) is 48.3 Å². The van der Waals surface area contributed by atoms with Crippen molar-refractivity contribution in [3.8, 4) is 0 Å². The van der Waals surface area contributed by atoms with Crippen LogP contribution in [0.2, 0.25) is 0 Å². The van der Waals surface area contributed by atoms with Crippen LogP contribution in [0, 0.1) is 41.4 Å². The van der Waals surface area contributed by atoms with Gasteiger partial charge in [0, 0.05) is 0 Å². The Hall–Kier alpha value is -4.85. The van der Waals surface area contributed by atoms with Crippen molar-refractivity contribution in [3.05, 3.63) is 0 Å². The smallest absolute Gasteiger partial charge is 0.326 e. The van der Waals surface area contributed by atoms with E-state index in [4.69, 9.17) is 11.5 Å². The van der Waals surface area contributed by atoms with Gasteiger partial charge in [-0.05, 0) is 119 Å². The first kappa shape index (κ1) is 66.2. The van der Waals surface area contributed by atoms with Crippen molar-refractivity contribution in [1.82, 2.24) is 42.5 Å². The molecule has 20 heteroatoms. The second-order valence-corrected chi connectivity index (χ2v) is 22.3. The Morgan fingerprint density at radius 3 is 0.831 bits per heavy atom. The molecule has 0 fully saturated rings. The SMILES string of the molecule is CC(C)C[C@H](NC(=O)[C@H](C)NC(=O)[C@H](CC(C)C)NC(=O)[C@H](CC(C)C)NC(=O)[C@H](CC(C)C)NC(=O)[C@@H](N)CC(C)C)C(=O)N[C@@H](CC(C)C)C(=O)N[C@@H](CC(C)C)C(=O)N[C@@H](CCCCN)C(=O)O. The molecule has 0 saturated carbocycles. The van der Waals surface area contributed by atoms with Crippen LogP contribution >= 0.6 is 0 Å². The van der Waals surface area contributed by atoms with Crippen molar-refractivity contribution in [2.75, 3.05) is 6.54 Å². The van der Waals surface area contributed by atoms with Crippen LogP contribution in [0.25, 0.3) is 0 Å². The first-order valence-electron chi connectivity index (χ1n) is 26.0. The zero-order chi connectivity index (χ0) is 54.9. The molecule has 0 aromatic heterocycles. The minimum atomic E-state index is -1.21. The van der Waals surface area contributed by atoms with Crippen LogP contribution in [0.3, 0.4) is 0 Å². The Labute approximate surface area is 424 Å². The van der Waals surface area contributed by atoms with E-state index >= 15 is 0 Å². The van der Waals surface area contributed by atoms with Crippen LogP contribution in [0.15, 0.2) is 0 Å². The molecule has 0 unspecified atom stereocenters. The molecule has 0 bridgehead atoms. The van der Waals surface area contributed by atoms with Gasteiger partial charge in [0.2, 0.25) is 47.3 Å². The highest BCUT2D eigenvalue weighted by atomic mass is 16.4. The maximum Gasteiger partial charge on any atom is 0.326 e. The van der Waals surface area contributed by atoms with Gasteiger partial charge in [-0.3, -0.25) is 38.4 Å². The van der Waals surface area contributed by atoms with E-state index in [1.807, 2.05) is 96.9 Å². The van der Waals surface area contributed by atoms with Gasteiger partial charge in [0.05, 0.1) is 6.04 Å². The minimum Gasteiger partial charge on any atom is -0.480 e. The average Bonchev–Trinajstić information content (AvgIpc) is 3.22. The molecule has 0 saturated heterocycles. The average molecular weight is 1010 g/mol. The van der Waals surface area contributed by atoms with Crippen LogP contribution in [0.5, 0.6) is 0 Å². The molecule has 13 N–H and O–H groups in total. The van der Waals surface area contributed by atoms with Crippen LogP contribution in [0.4, 0.5) is 0 Å². The van der Waals surface area contributed by atoms with Crippen molar-refractivity contribution in [1.29, 1.82) is 0 Å². The number of rotatable bonds is 35. The second-order valence-electron chi connectivity index (χ2n) is 22.3. The minimum absolute atomic E-state index is 0.0139. The van der Waals surface area contributed by atoms with Gasteiger partial charge in [0.1, 0.15) is 48.3 Å². The van der Waals surface area contributed by atoms with Crippen LogP contribution in [0.1, 0.15) is 168 Å². The monoisotopic (exact) mass is 1010 g/mol. The molecule has 0 aliphatic rings. The van der Waals surface area contributed by atoms with Crippen molar-refractivity contribution >= 4 is 53.2 Å². The Morgan fingerprint density at radius 2 is 0.577 bits per heavy atom. The lowest BCUT2D eigenvalue weighted by Crippen LogP contribution is -2.60. The number of hydrogen-bond acceptors (Lipinski definition) is 11. The summed E-state index contributed by atoms with van der Waals surface area (Å²) < 4.78 is 0. The first-order valence-corrected chi connectivity index (χ1v) is 26.0. The van der Waals surface area contributed by atoms with E-state index in [0.717, 1.165) is 0 Å². The number of nitrogens with one attached hydrogen (secondary N) is 8. The fraction of sp³-hybridized carbons (Fsp3) is 0.824. The summed E-state index contributed by atoms with van der Waals surface area (Å²) in [6, 6.07) is -9.74. The normalized spacial score (nSPS) is 15.5. The van der Waals surface area contributed by atoms with Crippen molar-refractivity contribution in [2.24, 2.45) is 52.9 Å². The van der Waals surface area contributed by atoms with E-state index in [0.29, 0.717) is 32.2 Å². The number of hydrogen-bond donors (Lipinski definition) is 11. The quantitative estimate of drug-likeness (QED) is 0.0409. The molecule has 0 aromatic carbocycles. The van der Waals surface area contributed by atoms with E-state index in [-0.39, 0.29) is 80.0 Å². The molecule has 0 spiro atoms. The Morgan fingerprint density at radius 1 is 0.338 bits per heavy atom. The first-order chi connectivity index (χ1) is 32.9. The molecule has 410 valence electrons. The molecule has 9 atom stereocenters. The molecular formula is C51H96N10O10. The van der Waals surface area contributed by atoms with Gasteiger partial charge in [0.15, 0.2) is 0 Å². The molecular weight excluding hydrogens is 913 g/mol. The number of carbonyl (C=O) groups excluding carboxylic acids is 8. The summed E-state index contributed by atoms with van der Waals surface area (Å²) in [5, 5.41) is 31.6. The maximum absolute atomic E-state index is 14.0. The summed E-state index contributed by atoms with van der Waals surface area (Å²) in [5.41, 5.74) is 11.7. The third-order valence-electron chi connectivity index (χ3n) is 11.4. The summed E-state index contributed by atoms with van der Waals surface area (Å²) in [4.78, 5) is 122. The van der Waals surface area contributed by atoms with Crippen molar-refractivity contribution < 1.29 is 48.3 Å². The summed E-state index contributed by atoms with van der Waals surface area (Å²) in [7, 11) is 0. The lowest BCUT2D eigenvalue weighted by Gasteiger charge is -2.29. The molecule has 20 nitrogen and oxygen atoms in total. The maximum atomic E-state index is 14.0. The van der Waals surface area contributed by atoms with Gasteiger partial charge < -0.3 is 59.1 Å². The number of unbranched alkanes of at least 4 members (excludes halogenated alkanes) is 1. The van der Waals surface area contributed by atoms with Crippen LogP contribution < -0.4 is 54.0 Å². The third-order valence-corrected chi connectivity index (χ3v) is 11.4. The zero-order valence-electron chi connectivity index (χ0n) is 45.8. The highest BCUT2D eigenvalue weighted by Gasteiger charge is 2.35. The van der Waals surface area contributed by atoms with Crippen LogP contribution in [-0.4, -0.2) is 119 Å². The van der Waals surface area contributed by atoms with E-state index < -0.39 is 108 Å². The van der Waals surface area contributed by atoms with E-state index in [2.05, 4.69) is 42.5 Å². The molecule has 0 aliphatic heterocycles. The lowest BCUT2D eigenvalue weighted by molar-refractivity contribution is -0.142. The number of nitrogens with two attached hydrogens (primary N) is 2. The standard InChI is InChI=1S/C51H96N10O10/c1-27(2)20-35(53)44(63)57-39(23-30(7)8)48(67)61-41(25-32(11)12)49(68)58-37(21-28(3)4)45(64)54-34(15)43(62)56-38(22-29(5)6)47(66)60-42(26-33(13)14)50(69)59-40(24-31(9)10)46(65)55-36(51(70)71)18-16-17-19-52/h27-42H,16-26,52-53H2,1-15H3,(H,54,64)(H,55,65)(H,56,62)(H,57,63)(H,58,68)(H,59,69)(H,60,66)(H,61,67)(H,70,71)/t34-,35-,36-,37-,38-,39-,40-,41-,42-/m0/s1. The highest BCUT2D eigenvalue weighted by molar-refractivity contribution is 5.98. The van der Waals surface area contributed by atoms with Gasteiger partial charge in [-0.1, -0.05) is 96.9 Å². The second kappa shape index (κ2) is 33.7. The van der Waals surface area contributed by atoms with Crippen molar-refractivity contribution in [2.45, 2.75) is 222 Å². The largest absolute Gasteiger partial charge is 0.480 e. The van der Waals surface area contributed by atoms with Gasteiger partial charge >= 0.3 is 5.97 Å². The molecule has 0 aliphatic carbocycles. The van der Waals surface area contributed by atoms with E-state index in [1.54, 1.807) is 0 Å². The van der Waals surface area contributed by atoms with Gasteiger partial charge in [-0.2, -0.15) is 0 Å². The predicted molar refractivity (Wildman–Crippen MR) is 276 cm³/mol.